The molecule has 1 rings (SSSR count). The quantitative estimate of drug-likeness (QED) is 0.617. The number of nitrogens with one attached hydrogen (secondary N) is 1. The fourth-order valence-corrected chi connectivity index (χ4v) is 1.17. The molecular formula is C13H15NO3. The van der Waals surface area contributed by atoms with Crippen LogP contribution in [0.15, 0.2) is 36.4 Å². The molecule has 0 aliphatic carbocycles. The molecule has 0 aliphatic heterocycles. The van der Waals surface area contributed by atoms with Crippen LogP contribution >= 0.6 is 0 Å². The van der Waals surface area contributed by atoms with Gasteiger partial charge in [-0.15, -0.1) is 0 Å². The lowest BCUT2D eigenvalue weighted by molar-refractivity contribution is -0.143. The second-order valence-electron chi connectivity index (χ2n) is 3.27. The molecule has 0 aliphatic rings. The summed E-state index contributed by atoms with van der Waals surface area (Å²) < 4.78 is 4.68. The summed E-state index contributed by atoms with van der Waals surface area (Å²) in [4.78, 5) is 22.3. The molecule has 4 heteroatoms. The fourth-order valence-electron chi connectivity index (χ4n) is 1.17. The van der Waals surface area contributed by atoms with E-state index in [1.165, 1.54) is 6.08 Å². The SMILES string of the molecule is CCOC(=O)CNC(=O)/C=C/c1ccccc1. The second kappa shape index (κ2) is 7.22. The van der Waals surface area contributed by atoms with Gasteiger partial charge in [-0.2, -0.15) is 0 Å². The molecule has 4 nitrogen and oxygen atoms in total. The van der Waals surface area contributed by atoms with Crippen LogP contribution in [0.1, 0.15) is 12.5 Å². The van der Waals surface area contributed by atoms with Crippen LogP contribution in [0.4, 0.5) is 0 Å². The highest BCUT2D eigenvalue weighted by molar-refractivity contribution is 5.93. The van der Waals surface area contributed by atoms with Gasteiger partial charge in [0.05, 0.1) is 6.61 Å². The molecule has 1 aromatic carbocycles. The molecule has 0 atom stereocenters. The van der Waals surface area contributed by atoms with Gasteiger partial charge in [-0.1, -0.05) is 30.3 Å². The van der Waals surface area contributed by atoms with Crippen LogP contribution in [-0.2, 0) is 14.3 Å². The maximum atomic E-state index is 11.3. The molecule has 1 N–H and O–H groups in total. The average Bonchev–Trinajstić information content (AvgIpc) is 2.35. The smallest absolute Gasteiger partial charge is 0.325 e. The zero-order chi connectivity index (χ0) is 12.5. The van der Waals surface area contributed by atoms with Gasteiger partial charge in [0.1, 0.15) is 6.54 Å². The maximum absolute atomic E-state index is 11.3. The summed E-state index contributed by atoms with van der Waals surface area (Å²) in [6, 6.07) is 9.44. The zero-order valence-electron chi connectivity index (χ0n) is 9.68. The summed E-state index contributed by atoms with van der Waals surface area (Å²) >= 11 is 0. The summed E-state index contributed by atoms with van der Waals surface area (Å²) in [6.45, 7) is 1.93. The van der Waals surface area contributed by atoms with Crippen LogP contribution < -0.4 is 5.32 Å². The van der Waals surface area contributed by atoms with Crippen molar-refractivity contribution in [2.45, 2.75) is 6.92 Å². The molecule has 0 saturated heterocycles. The molecule has 0 saturated carbocycles. The van der Waals surface area contributed by atoms with E-state index < -0.39 is 5.97 Å². The Morgan fingerprint density at radius 1 is 1.29 bits per heavy atom. The van der Waals surface area contributed by atoms with Gasteiger partial charge in [-0.3, -0.25) is 9.59 Å². The average molecular weight is 233 g/mol. The minimum absolute atomic E-state index is 0.105. The lowest BCUT2D eigenvalue weighted by Gasteiger charge is -2.01. The summed E-state index contributed by atoms with van der Waals surface area (Å²) in [7, 11) is 0. The Morgan fingerprint density at radius 2 is 2.00 bits per heavy atom. The first-order valence-corrected chi connectivity index (χ1v) is 5.39. The van der Waals surface area contributed by atoms with E-state index in [-0.39, 0.29) is 12.5 Å². The lowest BCUT2D eigenvalue weighted by Crippen LogP contribution is -2.29. The molecule has 1 aromatic rings. The number of rotatable bonds is 5. The first kappa shape index (κ1) is 13.0. The number of ether oxygens (including phenoxy) is 1. The predicted octanol–water partition coefficient (Wildman–Crippen LogP) is 1.38. The number of hydrogen-bond acceptors (Lipinski definition) is 3. The number of benzene rings is 1. The van der Waals surface area contributed by atoms with E-state index in [9.17, 15) is 9.59 Å². The van der Waals surface area contributed by atoms with E-state index in [2.05, 4.69) is 10.1 Å². The third-order valence-electron chi connectivity index (χ3n) is 1.94. The Balaban J connectivity index is 2.35. The minimum atomic E-state index is -0.436. The van der Waals surface area contributed by atoms with Gasteiger partial charge in [0.2, 0.25) is 5.91 Å². The standard InChI is InChI=1S/C13H15NO3/c1-2-17-13(16)10-14-12(15)9-8-11-6-4-3-5-7-11/h3-9H,2,10H2,1H3,(H,14,15)/b9-8+. The second-order valence-corrected chi connectivity index (χ2v) is 3.27. The summed E-state index contributed by atoms with van der Waals surface area (Å²) in [6.07, 6.45) is 3.06. The van der Waals surface area contributed by atoms with Crippen LogP contribution in [0.25, 0.3) is 6.08 Å². The van der Waals surface area contributed by atoms with Crippen molar-refractivity contribution in [1.29, 1.82) is 0 Å². The van der Waals surface area contributed by atoms with Gasteiger partial charge in [0.25, 0.3) is 0 Å². The molecule has 0 radical (unpaired) electrons. The molecule has 0 aromatic heterocycles. The zero-order valence-corrected chi connectivity index (χ0v) is 9.68. The summed E-state index contributed by atoms with van der Waals surface area (Å²) in [5, 5.41) is 2.44. The Labute approximate surface area is 100 Å². The lowest BCUT2D eigenvalue weighted by atomic mass is 10.2. The van der Waals surface area contributed by atoms with Crippen LogP contribution in [0.2, 0.25) is 0 Å². The predicted molar refractivity (Wildman–Crippen MR) is 65.1 cm³/mol. The van der Waals surface area contributed by atoms with Gasteiger partial charge in [-0.25, -0.2) is 0 Å². The Morgan fingerprint density at radius 3 is 2.65 bits per heavy atom. The Kier molecular flexibility index (Phi) is 5.51. The van der Waals surface area contributed by atoms with E-state index in [1.807, 2.05) is 30.3 Å². The summed E-state index contributed by atoms with van der Waals surface area (Å²) in [5.41, 5.74) is 0.929. The van der Waals surface area contributed by atoms with E-state index in [4.69, 9.17) is 0 Å². The topological polar surface area (TPSA) is 55.4 Å². The van der Waals surface area contributed by atoms with Gasteiger partial charge in [0, 0.05) is 6.08 Å². The van der Waals surface area contributed by atoms with E-state index >= 15 is 0 Å². The third-order valence-corrected chi connectivity index (χ3v) is 1.94. The van der Waals surface area contributed by atoms with Crippen LogP contribution in [-0.4, -0.2) is 25.0 Å². The van der Waals surface area contributed by atoms with Gasteiger partial charge < -0.3 is 10.1 Å². The first-order valence-electron chi connectivity index (χ1n) is 5.39. The van der Waals surface area contributed by atoms with E-state index in [0.717, 1.165) is 5.56 Å². The fraction of sp³-hybridized carbons (Fsp3) is 0.231. The highest BCUT2D eigenvalue weighted by Gasteiger charge is 2.02. The number of esters is 1. The van der Waals surface area contributed by atoms with E-state index in [0.29, 0.717) is 6.61 Å². The third kappa shape index (κ3) is 5.51. The van der Waals surface area contributed by atoms with Crippen LogP contribution in [0.3, 0.4) is 0 Å². The van der Waals surface area contributed by atoms with Crippen molar-refractivity contribution in [2.24, 2.45) is 0 Å². The molecule has 0 spiro atoms. The van der Waals surface area contributed by atoms with Crippen molar-refractivity contribution >= 4 is 18.0 Å². The molecule has 90 valence electrons. The molecule has 17 heavy (non-hydrogen) atoms. The minimum Gasteiger partial charge on any atom is -0.465 e. The van der Waals surface area contributed by atoms with Crippen molar-refractivity contribution in [3.63, 3.8) is 0 Å². The highest BCUT2D eigenvalue weighted by Crippen LogP contribution is 2.00. The number of carbonyl (C=O) groups is 2. The van der Waals surface area contributed by atoms with Crippen molar-refractivity contribution in [3.8, 4) is 0 Å². The van der Waals surface area contributed by atoms with Crippen molar-refractivity contribution in [2.75, 3.05) is 13.2 Å². The Hall–Kier alpha value is -2.10. The van der Waals surface area contributed by atoms with Crippen molar-refractivity contribution in [1.82, 2.24) is 5.32 Å². The summed E-state index contributed by atoms with van der Waals surface area (Å²) in [5.74, 6) is -0.754. The maximum Gasteiger partial charge on any atom is 0.325 e. The van der Waals surface area contributed by atoms with Gasteiger partial charge >= 0.3 is 5.97 Å². The van der Waals surface area contributed by atoms with Crippen molar-refractivity contribution in [3.05, 3.63) is 42.0 Å². The normalized spacial score (nSPS) is 10.2. The molecule has 0 bridgehead atoms. The van der Waals surface area contributed by atoms with Crippen LogP contribution in [0.5, 0.6) is 0 Å². The molecule has 0 heterocycles. The molecule has 1 amide bonds. The number of carbonyl (C=O) groups excluding carboxylic acids is 2. The number of amides is 1. The van der Waals surface area contributed by atoms with Gasteiger partial charge in [-0.05, 0) is 18.6 Å². The molecular weight excluding hydrogens is 218 g/mol. The monoisotopic (exact) mass is 233 g/mol. The van der Waals surface area contributed by atoms with Crippen LogP contribution in [0, 0.1) is 0 Å². The largest absolute Gasteiger partial charge is 0.465 e. The molecule has 0 unspecified atom stereocenters. The Bertz CT molecular complexity index is 398. The van der Waals surface area contributed by atoms with Gasteiger partial charge in [0.15, 0.2) is 0 Å². The van der Waals surface area contributed by atoms with Crippen molar-refractivity contribution < 1.29 is 14.3 Å². The highest BCUT2D eigenvalue weighted by atomic mass is 16.5. The first-order chi connectivity index (χ1) is 8.22. The van der Waals surface area contributed by atoms with E-state index in [1.54, 1.807) is 13.0 Å². The number of hydrogen-bond donors (Lipinski definition) is 1. The molecule has 0 fully saturated rings.